The van der Waals surface area contributed by atoms with E-state index in [1.165, 1.54) is 0 Å². The minimum atomic E-state index is 0.611. The predicted octanol–water partition coefficient (Wildman–Crippen LogP) is 1.41. The van der Waals surface area contributed by atoms with E-state index in [1.807, 2.05) is 30.2 Å². The fourth-order valence-electron chi connectivity index (χ4n) is 3.24. The zero-order valence-electron chi connectivity index (χ0n) is 13.6. The SMILES string of the molecule is Cn1cc(-c2cc(N3CCCNCC3)c3c(C#N)cnn3c2)cn1. The van der Waals surface area contributed by atoms with E-state index >= 15 is 0 Å². The third-order valence-corrected chi connectivity index (χ3v) is 4.43. The lowest BCUT2D eigenvalue weighted by Crippen LogP contribution is -2.28. The van der Waals surface area contributed by atoms with Crippen molar-refractivity contribution in [2.75, 3.05) is 31.1 Å². The molecule has 0 aliphatic carbocycles. The van der Waals surface area contributed by atoms with Gasteiger partial charge in [0, 0.05) is 50.2 Å². The molecule has 7 heteroatoms. The number of hydrogen-bond donors (Lipinski definition) is 1. The van der Waals surface area contributed by atoms with Gasteiger partial charge in [0.2, 0.25) is 0 Å². The second-order valence-electron chi connectivity index (χ2n) is 6.07. The summed E-state index contributed by atoms with van der Waals surface area (Å²) in [6.45, 7) is 3.86. The van der Waals surface area contributed by atoms with Gasteiger partial charge in [0.05, 0.1) is 23.6 Å². The highest BCUT2D eigenvalue weighted by molar-refractivity contribution is 5.83. The van der Waals surface area contributed by atoms with E-state index in [-0.39, 0.29) is 0 Å². The van der Waals surface area contributed by atoms with Crippen LogP contribution in [0.2, 0.25) is 0 Å². The van der Waals surface area contributed by atoms with Gasteiger partial charge < -0.3 is 10.2 Å². The third-order valence-electron chi connectivity index (χ3n) is 4.43. The molecule has 0 atom stereocenters. The molecule has 1 N–H and O–H groups in total. The molecular weight excluding hydrogens is 302 g/mol. The summed E-state index contributed by atoms with van der Waals surface area (Å²) in [6, 6.07) is 4.42. The standard InChI is InChI=1S/C17H19N7/c1-22-11-15(10-20-22)13-7-16(23-5-2-3-19-4-6-23)17-14(8-18)9-21-24(17)12-13/h7,9-12,19H,2-6H2,1H3. The quantitative estimate of drug-likeness (QED) is 0.772. The Balaban J connectivity index is 1.90. The summed E-state index contributed by atoms with van der Waals surface area (Å²) in [4.78, 5) is 2.34. The van der Waals surface area contributed by atoms with E-state index in [9.17, 15) is 5.26 Å². The van der Waals surface area contributed by atoms with Crippen LogP contribution in [0, 0.1) is 11.3 Å². The van der Waals surface area contributed by atoms with Crippen molar-refractivity contribution in [1.29, 1.82) is 5.26 Å². The predicted molar refractivity (Wildman–Crippen MR) is 91.8 cm³/mol. The van der Waals surface area contributed by atoms with E-state index < -0.39 is 0 Å². The van der Waals surface area contributed by atoms with Crippen molar-refractivity contribution in [3.63, 3.8) is 0 Å². The van der Waals surface area contributed by atoms with Crippen molar-refractivity contribution < 1.29 is 0 Å². The van der Waals surface area contributed by atoms with Gasteiger partial charge in [0.25, 0.3) is 0 Å². The van der Waals surface area contributed by atoms with Gasteiger partial charge in [-0.3, -0.25) is 4.68 Å². The molecule has 0 spiro atoms. The number of anilines is 1. The molecule has 1 aliphatic rings. The Kier molecular flexibility index (Phi) is 3.67. The van der Waals surface area contributed by atoms with Crippen LogP contribution in [0.4, 0.5) is 5.69 Å². The van der Waals surface area contributed by atoms with E-state index in [4.69, 9.17) is 0 Å². The number of nitrogens with zero attached hydrogens (tertiary/aromatic N) is 6. The largest absolute Gasteiger partial charge is 0.368 e. The van der Waals surface area contributed by atoms with Crippen LogP contribution in [0.15, 0.2) is 30.9 Å². The van der Waals surface area contributed by atoms with Crippen LogP contribution in [0.1, 0.15) is 12.0 Å². The molecule has 4 heterocycles. The monoisotopic (exact) mass is 321 g/mol. The number of fused-ring (bicyclic) bond motifs is 1. The molecule has 24 heavy (non-hydrogen) atoms. The summed E-state index contributed by atoms with van der Waals surface area (Å²) in [5, 5.41) is 21.5. The molecule has 4 rings (SSSR count). The van der Waals surface area contributed by atoms with Crippen LogP contribution < -0.4 is 10.2 Å². The van der Waals surface area contributed by atoms with Crippen LogP contribution in [-0.4, -0.2) is 45.6 Å². The molecule has 3 aromatic heterocycles. The number of hydrogen-bond acceptors (Lipinski definition) is 5. The number of aromatic nitrogens is 4. The first kappa shape index (κ1) is 14.7. The highest BCUT2D eigenvalue weighted by atomic mass is 15.3. The molecule has 0 aromatic carbocycles. The average molecular weight is 321 g/mol. The van der Waals surface area contributed by atoms with E-state index in [0.29, 0.717) is 5.56 Å². The molecule has 1 aliphatic heterocycles. The van der Waals surface area contributed by atoms with E-state index in [0.717, 1.165) is 54.9 Å². The summed E-state index contributed by atoms with van der Waals surface area (Å²) >= 11 is 0. The molecule has 3 aromatic rings. The lowest BCUT2D eigenvalue weighted by Gasteiger charge is -2.24. The van der Waals surface area contributed by atoms with Crippen LogP contribution in [-0.2, 0) is 7.05 Å². The zero-order chi connectivity index (χ0) is 16.5. The van der Waals surface area contributed by atoms with Gasteiger partial charge in [0.15, 0.2) is 0 Å². The maximum atomic E-state index is 9.45. The summed E-state index contributed by atoms with van der Waals surface area (Å²) < 4.78 is 3.60. The lowest BCUT2D eigenvalue weighted by molar-refractivity contribution is 0.724. The molecule has 0 radical (unpaired) electrons. The van der Waals surface area contributed by atoms with Crippen LogP contribution in [0.3, 0.4) is 0 Å². The Labute approximate surface area is 140 Å². The third kappa shape index (κ3) is 2.51. The Morgan fingerprint density at radius 1 is 1.12 bits per heavy atom. The molecule has 1 saturated heterocycles. The van der Waals surface area contributed by atoms with Gasteiger partial charge in [-0.25, -0.2) is 4.52 Å². The van der Waals surface area contributed by atoms with Gasteiger partial charge in [-0.2, -0.15) is 15.5 Å². The first-order valence-electron chi connectivity index (χ1n) is 8.12. The Bertz CT molecular complexity index is 907. The van der Waals surface area contributed by atoms with Crippen LogP contribution in [0.5, 0.6) is 0 Å². The normalized spacial score (nSPS) is 15.4. The number of nitriles is 1. The topological polar surface area (TPSA) is 74.2 Å². The average Bonchev–Trinajstić information content (AvgIpc) is 3.11. The molecule has 0 bridgehead atoms. The second-order valence-corrected chi connectivity index (χ2v) is 6.07. The second kappa shape index (κ2) is 5.98. The van der Waals surface area contributed by atoms with Gasteiger partial charge in [-0.05, 0) is 19.0 Å². The summed E-state index contributed by atoms with van der Waals surface area (Å²) in [5.74, 6) is 0. The Hall–Kier alpha value is -2.85. The minimum Gasteiger partial charge on any atom is -0.368 e. The zero-order valence-corrected chi connectivity index (χ0v) is 13.6. The highest BCUT2D eigenvalue weighted by Crippen LogP contribution is 2.31. The fourth-order valence-corrected chi connectivity index (χ4v) is 3.24. The molecule has 1 fully saturated rings. The fraction of sp³-hybridized carbons (Fsp3) is 0.353. The minimum absolute atomic E-state index is 0.611. The van der Waals surface area contributed by atoms with E-state index in [1.54, 1.807) is 10.9 Å². The number of aryl methyl sites for hydroxylation is 1. The lowest BCUT2D eigenvalue weighted by atomic mass is 10.1. The number of rotatable bonds is 2. The smallest absolute Gasteiger partial charge is 0.107 e. The van der Waals surface area contributed by atoms with Crippen molar-refractivity contribution in [2.24, 2.45) is 7.05 Å². The summed E-state index contributed by atoms with van der Waals surface area (Å²) in [7, 11) is 1.91. The number of pyridine rings is 1. The molecule has 0 unspecified atom stereocenters. The summed E-state index contributed by atoms with van der Waals surface area (Å²) in [5.41, 5.74) is 4.65. The molecule has 7 nitrogen and oxygen atoms in total. The first-order valence-corrected chi connectivity index (χ1v) is 8.12. The van der Waals surface area contributed by atoms with Gasteiger partial charge in [-0.15, -0.1) is 0 Å². The maximum absolute atomic E-state index is 9.45. The van der Waals surface area contributed by atoms with Crippen LogP contribution in [0.25, 0.3) is 16.6 Å². The van der Waals surface area contributed by atoms with Gasteiger partial charge >= 0.3 is 0 Å². The Morgan fingerprint density at radius 2 is 2.04 bits per heavy atom. The van der Waals surface area contributed by atoms with Gasteiger partial charge in [-0.1, -0.05) is 0 Å². The Morgan fingerprint density at radius 3 is 2.83 bits per heavy atom. The van der Waals surface area contributed by atoms with Crippen molar-refractivity contribution in [1.82, 2.24) is 24.7 Å². The molecule has 122 valence electrons. The van der Waals surface area contributed by atoms with E-state index in [2.05, 4.69) is 32.5 Å². The van der Waals surface area contributed by atoms with Crippen molar-refractivity contribution in [3.8, 4) is 17.2 Å². The van der Waals surface area contributed by atoms with Crippen molar-refractivity contribution >= 4 is 11.2 Å². The maximum Gasteiger partial charge on any atom is 0.107 e. The molecule has 0 saturated carbocycles. The van der Waals surface area contributed by atoms with Crippen molar-refractivity contribution in [3.05, 3.63) is 36.4 Å². The highest BCUT2D eigenvalue weighted by Gasteiger charge is 2.18. The molecule has 0 amide bonds. The summed E-state index contributed by atoms with van der Waals surface area (Å²) in [6.07, 6.45) is 8.53. The van der Waals surface area contributed by atoms with Crippen LogP contribution >= 0.6 is 0 Å². The van der Waals surface area contributed by atoms with Gasteiger partial charge in [0.1, 0.15) is 11.6 Å². The first-order chi connectivity index (χ1) is 11.8. The van der Waals surface area contributed by atoms with Crippen molar-refractivity contribution in [2.45, 2.75) is 6.42 Å². The molecular formula is C17H19N7. The number of nitrogens with one attached hydrogen (secondary N) is 1.